The molecule has 0 aliphatic carbocycles. The van der Waals surface area contributed by atoms with Gasteiger partial charge in [0.05, 0.1) is 19.6 Å². The minimum absolute atomic E-state index is 0.0468. The van der Waals surface area contributed by atoms with Crippen molar-refractivity contribution in [3.05, 3.63) is 0 Å². The first kappa shape index (κ1) is 42.1. The predicted octanol–water partition coefficient (Wildman–Crippen LogP) is 0.873. The topological polar surface area (TPSA) is 143 Å². The number of rotatable bonds is 18. The summed E-state index contributed by atoms with van der Waals surface area (Å²) in [6, 6.07) is 0.605. The van der Waals surface area contributed by atoms with Gasteiger partial charge in [-0.15, -0.1) is 0 Å². The second kappa shape index (κ2) is 24.0. The van der Waals surface area contributed by atoms with Crippen LogP contribution in [0.5, 0.6) is 0 Å². The van der Waals surface area contributed by atoms with Gasteiger partial charge in [0.1, 0.15) is 0 Å². The van der Waals surface area contributed by atoms with Crippen molar-refractivity contribution in [2.45, 2.75) is 77.7 Å². The molecular weight excluding hydrogens is 640 g/mol. The van der Waals surface area contributed by atoms with E-state index in [0.29, 0.717) is 64.8 Å². The molecule has 0 aromatic rings. The van der Waals surface area contributed by atoms with E-state index in [1.807, 2.05) is 9.80 Å². The van der Waals surface area contributed by atoms with Gasteiger partial charge < -0.3 is 30.2 Å². The Labute approximate surface area is 301 Å². The van der Waals surface area contributed by atoms with Gasteiger partial charge in [0.25, 0.3) is 0 Å². The zero-order chi connectivity index (χ0) is 36.1. The molecule has 0 radical (unpaired) electrons. The number of piperidine rings is 1. The van der Waals surface area contributed by atoms with Crippen molar-refractivity contribution in [3.63, 3.8) is 0 Å². The Kier molecular flexibility index (Phi) is 20.2. The predicted molar refractivity (Wildman–Crippen MR) is 195 cm³/mol. The Morgan fingerprint density at radius 3 is 1.62 bits per heavy atom. The molecule has 3 saturated heterocycles. The summed E-state index contributed by atoms with van der Waals surface area (Å²) in [6.45, 7) is 18.0. The molecule has 3 rings (SSSR count). The normalized spacial score (nSPS) is 21.0. The van der Waals surface area contributed by atoms with Crippen LogP contribution in [-0.2, 0) is 19.2 Å². The second-order valence-electron chi connectivity index (χ2n) is 14.4. The molecule has 2 amide bonds. The Morgan fingerprint density at radius 1 is 0.580 bits per heavy atom. The lowest BCUT2D eigenvalue weighted by Crippen LogP contribution is -2.53. The van der Waals surface area contributed by atoms with E-state index in [-0.39, 0.29) is 31.4 Å². The molecule has 3 fully saturated rings. The van der Waals surface area contributed by atoms with Crippen LogP contribution < -0.4 is 5.32 Å². The highest BCUT2D eigenvalue weighted by Gasteiger charge is 2.29. The number of piperazine rings is 1. The van der Waals surface area contributed by atoms with E-state index in [0.717, 1.165) is 71.4 Å². The van der Waals surface area contributed by atoms with Crippen LogP contribution in [0, 0.1) is 0 Å². The van der Waals surface area contributed by atoms with Crippen molar-refractivity contribution >= 4 is 23.8 Å². The highest BCUT2D eigenvalue weighted by molar-refractivity contribution is 5.78. The Morgan fingerprint density at radius 2 is 1.10 bits per heavy atom. The third-order valence-corrected chi connectivity index (χ3v) is 10.7. The fraction of sp³-hybridized carbons (Fsp3) is 0.889. The maximum absolute atomic E-state index is 12.9. The quantitative estimate of drug-likeness (QED) is 0.174. The van der Waals surface area contributed by atoms with Crippen LogP contribution in [0.4, 0.5) is 0 Å². The van der Waals surface area contributed by atoms with Crippen LogP contribution >= 0.6 is 0 Å². The first-order chi connectivity index (χ1) is 24.2. The Hall–Kier alpha value is -2.36. The van der Waals surface area contributed by atoms with Gasteiger partial charge in [-0.3, -0.25) is 38.8 Å². The van der Waals surface area contributed by atoms with Gasteiger partial charge in [-0.2, -0.15) is 0 Å². The van der Waals surface area contributed by atoms with E-state index >= 15 is 0 Å². The number of hydrogen-bond acceptors (Lipinski definition) is 10. The molecule has 3 heterocycles. The molecule has 0 atom stereocenters. The maximum atomic E-state index is 12.9. The summed E-state index contributed by atoms with van der Waals surface area (Å²) in [4.78, 5) is 64.0. The van der Waals surface area contributed by atoms with Gasteiger partial charge in [-0.1, -0.05) is 33.1 Å². The standard InChI is InChI=1S/C36H68N8O6/c1-3-5-9-14-39-25-27-43(28-26-39)32-11-15-44(16-12-32)34(46)10-7-6-8-13-37-33(45)29-40-19-17-38(4-2)18-20-41(30-35(47)48)23-24-42(22-21-40)31-36(49)50/h32H,3-31H2,1-2H3,(H,37,45)(H,47,48)(H,49,50). The van der Waals surface area contributed by atoms with Crippen LogP contribution in [0.3, 0.4) is 0 Å². The lowest BCUT2D eigenvalue weighted by molar-refractivity contribution is -0.140. The maximum Gasteiger partial charge on any atom is 0.317 e. The number of carboxylic acid groups (broad SMARTS) is 2. The fourth-order valence-corrected chi connectivity index (χ4v) is 7.39. The molecule has 288 valence electrons. The lowest BCUT2D eigenvalue weighted by Gasteiger charge is -2.42. The molecule has 0 saturated carbocycles. The largest absolute Gasteiger partial charge is 0.480 e. The van der Waals surface area contributed by atoms with Crippen molar-refractivity contribution in [2.75, 3.05) is 131 Å². The number of nitrogens with one attached hydrogen (secondary N) is 1. The summed E-state index contributed by atoms with van der Waals surface area (Å²) < 4.78 is 0. The smallest absolute Gasteiger partial charge is 0.317 e. The zero-order valence-electron chi connectivity index (χ0n) is 31.2. The van der Waals surface area contributed by atoms with Crippen molar-refractivity contribution in [2.24, 2.45) is 0 Å². The molecule has 0 aromatic carbocycles. The van der Waals surface area contributed by atoms with Crippen LogP contribution in [0.15, 0.2) is 0 Å². The summed E-state index contributed by atoms with van der Waals surface area (Å²) in [6.07, 6.45) is 9.17. The summed E-state index contributed by atoms with van der Waals surface area (Å²) in [7, 11) is 0. The van der Waals surface area contributed by atoms with Gasteiger partial charge in [-0.25, -0.2) is 0 Å². The second-order valence-corrected chi connectivity index (χ2v) is 14.4. The molecule has 14 nitrogen and oxygen atoms in total. The van der Waals surface area contributed by atoms with E-state index in [1.165, 1.54) is 38.9 Å². The van der Waals surface area contributed by atoms with Crippen molar-refractivity contribution in [1.82, 2.24) is 39.6 Å². The highest BCUT2D eigenvalue weighted by Crippen LogP contribution is 2.20. The number of likely N-dealkylation sites (N-methyl/N-ethyl adjacent to an activating group) is 1. The summed E-state index contributed by atoms with van der Waals surface area (Å²) in [5.74, 6) is -1.60. The van der Waals surface area contributed by atoms with Gasteiger partial charge in [0.15, 0.2) is 0 Å². The fourth-order valence-electron chi connectivity index (χ4n) is 7.39. The van der Waals surface area contributed by atoms with Gasteiger partial charge >= 0.3 is 11.9 Å². The number of carboxylic acids is 2. The number of hydrogen-bond donors (Lipinski definition) is 3. The summed E-state index contributed by atoms with van der Waals surface area (Å²) in [5.41, 5.74) is 0. The lowest BCUT2D eigenvalue weighted by atomic mass is 10.0. The van der Waals surface area contributed by atoms with Crippen LogP contribution in [0.2, 0.25) is 0 Å². The molecule has 0 bridgehead atoms. The van der Waals surface area contributed by atoms with E-state index in [4.69, 9.17) is 0 Å². The molecule has 3 aliphatic rings. The van der Waals surface area contributed by atoms with Crippen molar-refractivity contribution in [1.29, 1.82) is 0 Å². The van der Waals surface area contributed by atoms with E-state index < -0.39 is 11.9 Å². The number of amides is 2. The van der Waals surface area contributed by atoms with E-state index in [1.54, 1.807) is 0 Å². The van der Waals surface area contributed by atoms with Gasteiger partial charge in [-0.05, 0) is 45.2 Å². The van der Waals surface area contributed by atoms with E-state index in [2.05, 4.69) is 43.7 Å². The van der Waals surface area contributed by atoms with Crippen LogP contribution in [-0.4, -0.2) is 205 Å². The molecule has 3 N–H and O–H groups in total. The van der Waals surface area contributed by atoms with Crippen LogP contribution in [0.25, 0.3) is 0 Å². The molecule has 14 heteroatoms. The molecule has 50 heavy (non-hydrogen) atoms. The minimum atomic E-state index is -0.924. The highest BCUT2D eigenvalue weighted by atomic mass is 16.4. The number of carbonyl (C=O) groups excluding carboxylic acids is 2. The number of carbonyl (C=O) groups is 4. The van der Waals surface area contributed by atoms with Crippen molar-refractivity contribution in [3.8, 4) is 0 Å². The third-order valence-electron chi connectivity index (χ3n) is 10.7. The monoisotopic (exact) mass is 709 g/mol. The van der Waals surface area contributed by atoms with Gasteiger partial charge in [0, 0.05) is 111 Å². The summed E-state index contributed by atoms with van der Waals surface area (Å²) in [5, 5.41) is 21.8. The Bertz CT molecular complexity index is 1010. The zero-order valence-corrected chi connectivity index (χ0v) is 31.2. The summed E-state index contributed by atoms with van der Waals surface area (Å²) >= 11 is 0. The molecule has 3 aliphatic heterocycles. The Balaban J connectivity index is 1.31. The first-order valence-corrected chi connectivity index (χ1v) is 19.5. The van der Waals surface area contributed by atoms with Crippen molar-refractivity contribution < 1.29 is 29.4 Å². The molecule has 0 unspecified atom stereocenters. The number of aliphatic carboxylic acids is 2. The molecular formula is C36H68N8O6. The number of nitrogens with zero attached hydrogens (tertiary/aromatic N) is 7. The van der Waals surface area contributed by atoms with Gasteiger partial charge in [0.2, 0.25) is 11.8 Å². The average Bonchev–Trinajstić information content (AvgIpc) is 3.09. The first-order valence-electron chi connectivity index (χ1n) is 19.5. The molecule has 0 spiro atoms. The van der Waals surface area contributed by atoms with E-state index in [9.17, 15) is 29.4 Å². The number of unbranched alkanes of at least 4 members (excludes halogenated alkanes) is 4. The van der Waals surface area contributed by atoms with Crippen LogP contribution in [0.1, 0.15) is 71.6 Å². The average molecular weight is 709 g/mol. The SMILES string of the molecule is CCCCCN1CCN(C2CCN(C(=O)CCCCCNC(=O)CN3CCN(CC)CCN(CC(=O)O)CCN(CC(=O)O)CC3)CC2)CC1. The number of likely N-dealkylation sites (tertiary alicyclic amines) is 1. The third kappa shape index (κ3) is 16.8. The minimum Gasteiger partial charge on any atom is -0.480 e. The molecule has 0 aromatic heterocycles.